The van der Waals surface area contributed by atoms with Crippen molar-refractivity contribution in [2.24, 2.45) is 5.92 Å². The molecular formula is C14H20ClNO4S. The smallest absolute Gasteiger partial charge is 0.309 e. The van der Waals surface area contributed by atoms with Gasteiger partial charge in [0, 0.05) is 18.1 Å². The lowest BCUT2D eigenvalue weighted by Crippen LogP contribution is -2.32. The highest BCUT2D eigenvalue weighted by molar-refractivity contribution is 7.91. The average Bonchev–Trinajstić information content (AvgIpc) is 2.44. The fraction of sp³-hybridized carbons (Fsp3) is 0.500. The number of sulfone groups is 1. The van der Waals surface area contributed by atoms with Crippen molar-refractivity contribution in [3.63, 3.8) is 0 Å². The van der Waals surface area contributed by atoms with E-state index in [9.17, 15) is 13.2 Å². The lowest BCUT2D eigenvalue weighted by atomic mass is 10.2. The summed E-state index contributed by atoms with van der Waals surface area (Å²) < 4.78 is 29.0. The minimum absolute atomic E-state index is 0.0149. The number of halogens is 1. The van der Waals surface area contributed by atoms with Crippen LogP contribution in [0.3, 0.4) is 0 Å². The van der Waals surface area contributed by atoms with Crippen LogP contribution in [0.4, 0.5) is 0 Å². The number of carbonyl (C=O) groups is 1. The number of esters is 1. The third-order valence-corrected chi connectivity index (χ3v) is 5.07. The van der Waals surface area contributed by atoms with Gasteiger partial charge in [-0.3, -0.25) is 4.79 Å². The molecule has 1 unspecified atom stereocenters. The minimum Gasteiger partial charge on any atom is -0.469 e. The summed E-state index contributed by atoms with van der Waals surface area (Å²) in [4.78, 5) is 13.4. The van der Waals surface area contributed by atoms with E-state index in [2.05, 4.69) is 4.74 Å². The number of carbonyl (C=O) groups excluding carboxylic acids is 1. The summed E-state index contributed by atoms with van der Waals surface area (Å²) in [5, 5.41) is 0.498. The van der Waals surface area contributed by atoms with Crippen LogP contribution in [0.25, 0.3) is 0 Å². The molecule has 0 radical (unpaired) electrons. The Morgan fingerprint density at radius 1 is 1.33 bits per heavy atom. The molecule has 1 atom stereocenters. The second-order valence-corrected chi connectivity index (χ2v) is 7.50. The number of rotatable bonds is 7. The maximum atomic E-state index is 12.2. The summed E-state index contributed by atoms with van der Waals surface area (Å²) in [6.45, 7) is 2.53. The fourth-order valence-electron chi connectivity index (χ4n) is 1.87. The third-order valence-electron chi connectivity index (χ3n) is 3.10. The monoisotopic (exact) mass is 333 g/mol. The molecule has 0 amide bonds. The zero-order valence-electron chi connectivity index (χ0n) is 12.4. The van der Waals surface area contributed by atoms with Crippen LogP contribution in [-0.4, -0.2) is 52.3 Å². The Labute approximate surface area is 130 Å². The highest BCUT2D eigenvalue weighted by atomic mass is 35.5. The second kappa shape index (κ2) is 7.77. The van der Waals surface area contributed by atoms with Crippen molar-refractivity contribution in [2.75, 3.05) is 33.0 Å². The summed E-state index contributed by atoms with van der Waals surface area (Å²) in [5.74, 6) is -0.611. The van der Waals surface area contributed by atoms with E-state index in [0.29, 0.717) is 18.1 Å². The van der Waals surface area contributed by atoms with Crippen LogP contribution in [0.2, 0.25) is 5.02 Å². The van der Waals surface area contributed by atoms with Gasteiger partial charge in [-0.2, -0.15) is 0 Å². The first-order valence-corrected chi connectivity index (χ1v) is 8.54. The van der Waals surface area contributed by atoms with Crippen LogP contribution in [0.15, 0.2) is 29.2 Å². The van der Waals surface area contributed by atoms with Crippen molar-refractivity contribution in [1.29, 1.82) is 0 Å². The van der Waals surface area contributed by atoms with Gasteiger partial charge in [0.05, 0.1) is 23.7 Å². The summed E-state index contributed by atoms with van der Waals surface area (Å²) in [6.07, 6.45) is 0. The normalized spacial score (nSPS) is 13.2. The molecule has 0 fully saturated rings. The van der Waals surface area contributed by atoms with E-state index in [1.54, 1.807) is 31.0 Å². The quantitative estimate of drug-likeness (QED) is 0.713. The van der Waals surface area contributed by atoms with Gasteiger partial charge in [0.15, 0.2) is 9.84 Å². The molecule has 7 heteroatoms. The van der Waals surface area contributed by atoms with E-state index in [0.717, 1.165) is 0 Å². The first kappa shape index (κ1) is 17.9. The molecule has 1 aromatic carbocycles. The SMILES string of the molecule is COC(=O)C(C)CN(C)CCS(=O)(=O)c1ccc(Cl)cc1. The first-order chi connectivity index (χ1) is 9.76. The van der Waals surface area contributed by atoms with Crippen molar-refractivity contribution in [3.8, 4) is 0 Å². The van der Waals surface area contributed by atoms with E-state index in [4.69, 9.17) is 11.6 Å². The molecule has 0 spiro atoms. The Morgan fingerprint density at radius 3 is 2.43 bits per heavy atom. The van der Waals surface area contributed by atoms with Crippen molar-refractivity contribution >= 4 is 27.4 Å². The molecule has 21 heavy (non-hydrogen) atoms. The zero-order valence-corrected chi connectivity index (χ0v) is 13.9. The van der Waals surface area contributed by atoms with Crippen LogP contribution < -0.4 is 0 Å². The molecule has 0 saturated carbocycles. The molecule has 0 aromatic heterocycles. The first-order valence-electron chi connectivity index (χ1n) is 6.51. The molecule has 0 aliphatic rings. The van der Waals surface area contributed by atoms with Gasteiger partial charge < -0.3 is 9.64 Å². The van der Waals surface area contributed by atoms with Gasteiger partial charge in [-0.25, -0.2) is 8.42 Å². The molecule has 0 heterocycles. The number of hydrogen-bond acceptors (Lipinski definition) is 5. The van der Waals surface area contributed by atoms with Gasteiger partial charge in [-0.15, -0.1) is 0 Å². The van der Waals surface area contributed by atoms with Crippen molar-refractivity contribution in [3.05, 3.63) is 29.3 Å². The number of nitrogens with zero attached hydrogens (tertiary/aromatic N) is 1. The Hall–Kier alpha value is -1.11. The van der Waals surface area contributed by atoms with Crippen molar-refractivity contribution in [1.82, 2.24) is 4.90 Å². The van der Waals surface area contributed by atoms with Gasteiger partial charge >= 0.3 is 5.97 Å². The van der Waals surface area contributed by atoms with E-state index in [-0.39, 0.29) is 22.5 Å². The molecule has 118 valence electrons. The summed E-state index contributed by atoms with van der Waals surface area (Å²) in [7, 11) is -0.238. The highest BCUT2D eigenvalue weighted by Crippen LogP contribution is 2.15. The lowest BCUT2D eigenvalue weighted by Gasteiger charge is -2.19. The molecular weight excluding hydrogens is 314 g/mol. The van der Waals surface area contributed by atoms with Crippen LogP contribution in [0.1, 0.15) is 6.92 Å². The molecule has 0 bridgehead atoms. The largest absolute Gasteiger partial charge is 0.469 e. The number of ether oxygens (including phenoxy) is 1. The molecule has 5 nitrogen and oxygen atoms in total. The van der Waals surface area contributed by atoms with Gasteiger partial charge in [-0.05, 0) is 31.3 Å². The van der Waals surface area contributed by atoms with Crippen molar-refractivity contribution < 1.29 is 17.9 Å². The zero-order chi connectivity index (χ0) is 16.0. The second-order valence-electron chi connectivity index (χ2n) is 4.96. The van der Waals surface area contributed by atoms with E-state index in [1.807, 2.05) is 0 Å². The molecule has 0 aliphatic heterocycles. The standard InChI is InChI=1S/C14H20ClNO4S/c1-11(14(17)20-3)10-16(2)8-9-21(18,19)13-6-4-12(15)5-7-13/h4-7,11H,8-10H2,1-3H3. The summed E-state index contributed by atoms with van der Waals surface area (Å²) >= 11 is 5.74. The number of benzene rings is 1. The van der Waals surface area contributed by atoms with Gasteiger partial charge in [-0.1, -0.05) is 18.5 Å². The van der Waals surface area contributed by atoms with E-state index in [1.165, 1.54) is 19.2 Å². The topological polar surface area (TPSA) is 63.7 Å². The molecule has 0 saturated heterocycles. The predicted molar refractivity (Wildman–Crippen MR) is 82.2 cm³/mol. The molecule has 0 aliphatic carbocycles. The van der Waals surface area contributed by atoms with Gasteiger partial charge in [0.2, 0.25) is 0 Å². The molecule has 0 N–H and O–H groups in total. The van der Waals surface area contributed by atoms with Crippen LogP contribution in [0.5, 0.6) is 0 Å². The van der Waals surface area contributed by atoms with E-state index >= 15 is 0 Å². The maximum absolute atomic E-state index is 12.2. The average molecular weight is 334 g/mol. The van der Waals surface area contributed by atoms with E-state index < -0.39 is 9.84 Å². The Kier molecular flexibility index (Phi) is 6.64. The van der Waals surface area contributed by atoms with Crippen molar-refractivity contribution in [2.45, 2.75) is 11.8 Å². The van der Waals surface area contributed by atoms with Crippen LogP contribution >= 0.6 is 11.6 Å². The maximum Gasteiger partial charge on any atom is 0.309 e. The minimum atomic E-state index is -3.35. The van der Waals surface area contributed by atoms with Crippen LogP contribution in [0, 0.1) is 5.92 Å². The molecule has 1 aromatic rings. The fourth-order valence-corrected chi connectivity index (χ4v) is 3.33. The lowest BCUT2D eigenvalue weighted by molar-refractivity contribution is -0.145. The Balaban J connectivity index is 2.57. The number of methoxy groups -OCH3 is 1. The van der Waals surface area contributed by atoms with Gasteiger partial charge in [0.25, 0.3) is 0 Å². The summed E-state index contributed by atoms with van der Waals surface area (Å²) in [5.41, 5.74) is 0. The highest BCUT2D eigenvalue weighted by Gasteiger charge is 2.18. The van der Waals surface area contributed by atoms with Crippen LogP contribution in [-0.2, 0) is 19.4 Å². The third kappa shape index (κ3) is 5.65. The van der Waals surface area contributed by atoms with Gasteiger partial charge in [0.1, 0.15) is 0 Å². The summed E-state index contributed by atoms with van der Waals surface area (Å²) in [6, 6.07) is 6.10. The Bertz CT molecular complexity index is 571. The molecule has 1 rings (SSSR count). The number of hydrogen-bond donors (Lipinski definition) is 0. The Morgan fingerprint density at radius 2 is 1.90 bits per heavy atom. The predicted octanol–water partition coefficient (Wildman–Crippen LogP) is 1.85.